The highest BCUT2D eigenvalue weighted by Gasteiger charge is 2.53. The Hall–Kier alpha value is -0.540. The Bertz CT molecular complexity index is 442. The summed E-state index contributed by atoms with van der Waals surface area (Å²) in [7, 11) is 2.06. The fourth-order valence-electron chi connectivity index (χ4n) is 3.37. The molecule has 1 aliphatic carbocycles. The zero-order valence-corrected chi connectivity index (χ0v) is 13.9. The van der Waals surface area contributed by atoms with Crippen molar-refractivity contribution in [2.45, 2.75) is 52.2 Å². The van der Waals surface area contributed by atoms with Crippen molar-refractivity contribution in [3.05, 3.63) is 28.2 Å². The van der Waals surface area contributed by atoms with Gasteiger partial charge in [0.2, 0.25) is 0 Å². The summed E-state index contributed by atoms with van der Waals surface area (Å²) in [5.41, 5.74) is 1.51. The van der Waals surface area contributed by atoms with E-state index in [9.17, 15) is 0 Å². The molecular formula is C16H24BrNO. The molecule has 0 bridgehead atoms. The molecule has 0 radical (unpaired) electrons. The van der Waals surface area contributed by atoms with Gasteiger partial charge in [0, 0.05) is 22.4 Å². The maximum atomic E-state index is 6.26. The van der Waals surface area contributed by atoms with Crippen LogP contribution in [-0.4, -0.2) is 19.2 Å². The number of halogens is 1. The number of hydrogen-bond acceptors (Lipinski definition) is 2. The SMILES string of the molecule is CCC1(CC)C(NC)CC1Oc1ccc(Br)c(C)c1. The number of aryl methyl sites for hydroxylation is 1. The van der Waals surface area contributed by atoms with Crippen LogP contribution in [0.25, 0.3) is 0 Å². The quantitative estimate of drug-likeness (QED) is 0.871. The van der Waals surface area contributed by atoms with Crippen LogP contribution in [-0.2, 0) is 0 Å². The van der Waals surface area contributed by atoms with E-state index in [2.05, 4.69) is 67.3 Å². The van der Waals surface area contributed by atoms with E-state index in [4.69, 9.17) is 4.74 Å². The van der Waals surface area contributed by atoms with Crippen molar-refractivity contribution in [3.63, 3.8) is 0 Å². The van der Waals surface area contributed by atoms with Gasteiger partial charge < -0.3 is 10.1 Å². The molecule has 2 rings (SSSR count). The van der Waals surface area contributed by atoms with Gasteiger partial charge in [0.1, 0.15) is 11.9 Å². The van der Waals surface area contributed by atoms with Crippen molar-refractivity contribution in [2.24, 2.45) is 5.41 Å². The Labute approximate surface area is 125 Å². The van der Waals surface area contributed by atoms with E-state index in [1.807, 2.05) is 0 Å². The maximum Gasteiger partial charge on any atom is 0.120 e. The Morgan fingerprint density at radius 1 is 1.37 bits per heavy atom. The number of benzene rings is 1. The number of nitrogens with one attached hydrogen (secondary N) is 1. The van der Waals surface area contributed by atoms with Crippen LogP contribution in [0.5, 0.6) is 5.75 Å². The van der Waals surface area contributed by atoms with Gasteiger partial charge in [0.05, 0.1) is 0 Å². The number of rotatable bonds is 5. The van der Waals surface area contributed by atoms with Crippen LogP contribution in [0.4, 0.5) is 0 Å². The van der Waals surface area contributed by atoms with Crippen LogP contribution in [0.15, 0.2) is 22.7 Å². The van der Waals surface area contributed by atoms with E-state index >= 15 is 0 Å². The van der Waals surface area contributed by atoms with Crippen LogP contribution in [0.1, 0.15) is 38.7 Å². The molecular weight excluding hydrogens is 302 g/mol. The highest BCUT2D eigenvalue weighted by Crippen LogP contribution is 2.48. The van der Waals surface area contributed by atoms with Crippen molar-refractivity contribution in [1.82, 2.24) is 5.32 Å². The monoisotopic (exact) mass is 325 g/mol. The Morgan fingerprint density at radius 2 is 2.05 bits per heavy atom. The molecule has 2 nitrogen and oxygen atoms in total. The van der Waals surface area contributed by atoms with Gasteiger partial charge in [-0.2, -0.15) is 0 Å². The second-order valence-corrected chi connectivity index (χ2v) is 6.39. The highest BCUT2D eigenvalue weighted by atomic mass is 79.9. The fourth-order valence-corrected chi connectivity index (χ4v) is 3.62. The van der Waals surface area contributed by atoms with Gasteiger partial charge in [0.15, 0.2) is 0 Å². The van der Waals surface area contributed by atoms with Crippen molar-refractivity contribution in [1.29, 1.82) is 0 Å². The Balaban J connectivity index is 2.13. The zero-order chi connectivity index (χ0) is 14.0. The molecule has 106 valence electrons. The lowest BCUT2D eigenvalue weighted by Gasteiger charge is -2.55. The van der Waals surface area contributed by atoms with Crippen LogP contribution < -0.4 is 10.1 Å². The van der Waals surface area contributed by atoms with Crippen molar-refractivity contribution < 1.29 is 4.74 Å². The first-order chi connectivity index (χ1) is 9.07. The minimum atomic E-state index is 0.287. The van der Waals surface area contributed by atoms with Gasteiger partial charge in [-0.1, -0.05) is 29.8 Å². The van der Waals surface area contributed by atoms with Crippen molar-refractivity contribution >= 4 is 15.9 Å². The first-order valence-corrected chi connectivity index (χ1v) is 7.96. The fraction of sp³-hybridized carbons (Fsp3) is 0.625. The summed E-state index contributed by atoms with van der Waals surface area (Å²) in [4.78, 5) is 0. The lowest BCUT2D eigenvalue weighted by Crippen LogP contribution is -2.63. The minimum absolute atomic E-state index is 0.287. The molecule has 0 spiro atoms. The second kappa shape index (κ2) is 5.84. The topological polar surface area (TPSA) is 21.3 Å². The Morgan fingerprint density at radius 3 is 2.58 bits per heavy atom. The number of ether oxygens (including phenoxy) is 1. The van der Waals surface area contributed by atoms with Gasteiger partial charge in [0.25, 0.3) is 0 Å². The summed E-state index contributed by atoms with van der Waals surface area (Å²) in [6.07, 6.45) is 3.76. The third-order valence-corrected chi connectivity index (χ3v) is 5.75. The summed E-state index contributed by atoms with van der Waals surface area (Å²) in [6.45, 7) is 6.65. The predicted octanol–water partition coefficient (Wildman–Crippen LogP) is 4.30. The van der Waals surface area contributed by atoms with Gasteiger partial charge in [-0.15, -0.1) is 0 Å². The standard InChI is InChI=1S/C16H24BrNO/c1-5-16(6-2)14(18-4)10-15(16)19-12-7-8-13(17)11(3)9-12/h7-9,14-15,18H,5-6,10H2,1-4H3. The molecule has 0 aliphatic heterocycles. The van der Waals surface area contributed by atoms with Gasteiger partial charge >= 0.3 is 0 Å². The van der Waals surface area contributed by atoms with Crippen LogP contribution in [0.3, 0.4) is 0 Å². The molecule has 19 heavy (non-hydrogen) atoms. The number of hydrogen-bond donors (Lipinski definition) is 1. The van der Waals surface area contributed by atoms with Gasteiger partial charge in [-0.3, -0.25) is 0 Å². The summed E-state index contributed by atoms with van der Waals surface area (Å²) < 4.78 is 7.39. The van der Waals surface area contributed by atoms with Gasteiger partial charge in [-0.05, 0) is 50.6 Å². The molecule has 3 heteroatoms. The molecule has 2 unspecified atom stereocenters. The van der Waals surface area contributed by atoms with Crippen LogP contribution >= 0.6 is 15.9 Å². The first kappa shape index (κ1) is 14.9. The predicted molar refractivity (Wildman–Crippen MR) is 83.8 cm³/mol. The highest BCUT2D eigenvalue weighted by molar-refractivity contribution is 9.10. The van der Waals surface area contributed by atoms with Crippen LogP contribution in [0, 0.1) is 12.3 Å². The van der Waals surface area contributed by atoms with E-state index in [0.29, 0.717) is 12.1 Å². The lowest BCUT2D eigenvalue weighted by molar-refractivity contribution is -0.0836. The summed E-state index contributed by atoms with van der Waals surface area (Å²) in [5.74, 6) is 0.992. The molecule has 0 heterocycles. The van der Waals surface area contributed by atoms with Crippen LogP contribution in [0.2, 0.25) is 0 Å². The maximum absolute atomic E-state index is 6.26. The minimum Gasteiger partial charge on any atom is -0.490 e. The smallest absolute Gasteiger partial charge is 0.120 e. The molecule has 1 N–H and O–H groups in total. The average molecular weight is 326 g/mol. The molecule has 0 saturated heterocycles. The zero-order valence-electron chi connectivity index (χ0n) is 12.3. The first-order valence-electron chi connectivity index (χ1n) is 7.17. The van der Waals surface area contributed by atoms with Gasteiger partial charge in [-0.25, -0.2) is 0 Å². The third kappa shape index (κ3) is 2.55. The largest absolute Gasteiger partial charge is 0.490 e. The van der Waals surface area contributed by atoms with Crippen molar-refractivity contribution in [2.75, 3.05) is 7.05 Å². The molecule has 1 aromatic rings. The Kier molecular flexibility index (Phi) is 4.57. The molecule has 1 fully saturated rings. The second-order valence-electron chi connectivity index (χ2n) is 5.53. The molecule has 1 saturated carbocycles. The summed E-state index contributed by atoms with van der Waals surface area (Å²) in [5, 5.41) is 3.44. The molecule has 2 atom stereocenters. The van der Waals surface area contributed by atoms with E-state index in [0.717, 1.165) is 29.5 Å². The normalized spacial score (nSPS) is 24.9. The van der Waals surface area contributed by atoms with E-state index in [1.165, 1.54) is 5.56 Å². The van der Waals surface area contributed by atoms with E-state index < -0.39 is 0 Å². The van der Waals surface area contributed by atoms with Crippen molar-refractivity contribution in [3.8, 4) is 5.75 Å². The molecule has 1 aromatic carbocycles. The molecule has 0 amide bonds. The van der Waals surface area contributed by atoms with E-state index in [1.54, 1.807) is 0 Å². The average Bonchev–Trinajstić information content (AvgIpc) is 2.40. The molecule has 0 aromatic heterocycles. The summed E-state index contributed by atoms with van der Waals surface area (Å²) in [6, 6.07) is 6.83. The molecule has 1 aliphatic rings. The third-order valence-electron chi connectivity index (χ3n) is 4.86. The summed E-state index contributed by atoms with van der Waals surface area (Å²) >= 11 is 3.53. The van der Waals surface area contributed by atoms with E-state index in [-0.39, 0.29) is 5.41 Å². The lowest BCUT2D eigenvalue weighted by atomic mass is 9.58.